The van der Waals surface area contributed by atoms with Crippen molar-refractivity contribution < 1.29 is 9.53 Å². The Bertz CT molecular complexity index is 185. The van der Waals surface area contributed by atoms with Gasteiger partial charge in [-0.2, -0.15) is 0 Å². The van der Waals surface area contributed by atoms with Gasteiger partial charge in [0.25, 0.3) is 0 Å². The Morgan fingerprint density at radius 3 is 2.57 bits per heavy atom. The van der Waals surface area contributed by atoms with Crippen LogP contribution < -0.4 is 0 Å². The monoisotopic (exact) mass is 198 g/mol. The zero-order valence-corrected chi connectivity index (χ0v) is 9.75. The molecule has 0 bridgehead atoms. The molecular formula is C12H22O2. The normalized spacial score (nSPS) is 16.4. The summed E-state index contributed by atoms with van der Waals surface area (Å²) in [6.45, 7) is 6.35. The summed E-state index contributed by atoms with van der Waals surface area (Å²) in [6.07, 6.45) is 5.91. The Balaban J connectivity index is 4.13. The van der Waals surface area contributed by atoms with Gasteiger partial charge in [-0.05, 0) is 31.8 Å². The van der Waals surface area contributed by atoms with Crippen LogP contribution in [0, 0.1) is 5.92 Å². The van der Waals surface area contributed by atoms with E-state index < -0.39 is 0 Å². The molecule has 0 saturated heterocycles. The number of carbonyl (C=O) groups excluding carboxylic acids is 1. The van der Waals surface area contributed by atoms with Crippen molar-refractivity contribution in [3.63, 3.8) is 0 Å². The quantitative estimate of drug-likeness (QED) is 0.464. The molecule has 2 heteroatoms. The van der Waals surface area contributed by atoms with Crippen LogP contribution in [0.2, 0.25) is 0 Å². The van der Waals surface area contributed by atoms with E-state index in [9.17, 15) is 4.79 Å². The van der Waals surface area contributed by atoms with Crippen LogP contribution in [0.1, 0.15) is 40.0 Å². The summed E-state index contributed by atoms with van der Waals surface area (Å²) < 4.78 is 5.42. The highest BCUT2D eigenvalue weighted by Gasteiger charge is 2.15. The van der Waals surface area contributed by atoms with Gasteiger partial charge in [-0.25, -0.2) is 0 Å². The first kappa shape index (κ1) is 13.4. The second-order valence-electron chi connectivity index (χ2n) is 3.89. The first-order chi connectivity index (χ1) is 6.65. The van der Waals surface area contributed by atoms with E-state index in [0.29, 0.717) is 5.92 Å². The highest BCUT2D eigenvalue weighted by molar-refractivity contribution is 5.65. The van der Waals surface area contributed by atoms with Gasteiger partial charge >= 0.3 is 0 Å². The lowest BCUT2D eigenvalue weighted by atomic mass is 9.94. The minimum atomic E-state index is 0.242. The number of hydrogen-bond acceptors (Lipinski definition) is 2. The maximum Gasteiger partial charge on any atom is 0.142 e. The fraction of sp³-hybridized carbons (Fsp3) is 0.750. The molecule has 0 heterocycles. The third-order valence-corrected chi connectivity index (χ3v) is 2.56. The fourth-order valence-corrected chi connectivity index (χ4v) is 1.66. The topological polar surface area (TPSA) is 26.3 Å². The summed E-state index contributed by atoms with van der Waals surface area (Å²) in [5.74, 6) is 0.556. The predicted molar refractivity (Wildman–Crippen MR) is 59.3 cm³/mol. The van der Waals surface area contributed by atoms with Gasteiger partial charge in [0.1, 0.15) is 6.29 Å². The Hall–Kier alpha value is -0.630. The first-order valence-electron chi connectivity index (χ1n) is 5.29. The summed E-state index contributed by atoms with van der Waals surface area (Å²) in [7, 11) is 1.74. The van der Waals surface area contributed by atoms with Crippen LogP contribution in [-0.2, 0) is 9.53 Å². The smallest absolute Gasteiger partial charge is 0.142 e. The number of allylic oxidation sites excluding steroid dienone is 1. The summed E-state index contributed by atoms with van der Waals surface area (Å²) in [5, 5.41) is 0. The molecule has 14 heavy (non-hydrogen) atoms. The lowest BCUT2D eigenvalue weighted by Gasteiger charge is -2.22. The zero-order chi connectivity index (χ0) is 11.0. The van der Waals surface area contributed by atoms with E-state index in [2.05, 4.69) is 13.8 Å². The maximum absolute atomic E-state index is 10.3. The molecule has 82 valence electrons. The van der Waals surface area contributed by atoms with Crippen molar-refractivity contribution in [3.8, 4) is 0 Å². The van der Waals surface area contributed by atoms with E-state index in [1.54, 1.807) is 13.2 Å². The van der Waals surface area contributed by atoms with E-state index in [1.165, 1.54) is 12.8 Å². The molecular weight excluding hydrogens is 176 g/mol. The van der Waals surface area contributed by atoms with Crippen LogP contribution in [0.4, 0.5) is 0 Å². The minimum absolute atomic E-state index is 0.242. The molecule has 0 aliphatic rings. The Morgan fingerprint density at radius 2 is 2.14 bits per heavy atom. The van der Waals surface area contributed by atoms with Crippen molar-refractivity contribution in [2.75, 3.05) is 7.11 Å². The van der Waals surface area contributed by atoms with Crippen molar-refractivity contribution in [2.24, 2.45) is 5.92 Å². The highest BCUT2D eigenvalue weighted by atomic mass is 16.5. The average molecular weight is 198 g/mol. The van der Waals surface area contributed by atoms with Gasteiger partial charge in [0.2, 0.25) is 0 Å². The Labute approximate surface area is 87.3 Å². The van der Waals surface area contributed by atoms with Crippen molar-refractivity contribution in [1.82, 2.24) is 0 Å². The molecule has 0 aliphatic heterocycles. The summed E-state index contributed by atoms with van der Waals surface area (Å²) in [6, 6.07) is 0. The van der Waals surface area contributed by atoms with Crippen molar-refractivity contribution in [2.45, 2.75) is 46.1 Å². The number of hydrogen-bond donors (Lipinski definition) is 0. The van der Waals surface area contributed by atoms with Gasteiger partial charge in [0.15, 0.2) is 0 Å². The third-order valence-electron chi connectivity index (χ3n) is 2.56. The summed E-state index contributed by atoms with van der Waals surface area (Å²) in [4.78, 5) is 10.3. The van der Waals surface area contributed by atoms with E-state index in [0.717, 1.165) is 18.3 Å². The average Bonchev–Trinajstić information content (AvgIpc) is 2.15. The van der Waals surface area contributed by atoms with Crippen molar-refractivity contribution >= 4 is 6.29 Å². The number of aldehydes is 1. The molecule has 0 radical (unpaired) electrons. The minimum Gasteiger partial charge on any atom is -0.381 e. The van der Waals surface area contributed by atoms with E-state index >= 15 is 0 Å². The van der Waals surface area contributed by atoms with E-state index in [1.807, 2.05) is 6.92 Å². The SMILES string of the molecule is CCCC(C)C(C/C(C)=C/C=O)OC. The van der Waals surface area contributed by atoms with Crippen LogP contribution in [0.3, 0.4) is 0 Å². The first-order valence-corrected chi connectivity index (χ1v) is 5.29. The highest BCUT2D eigenvalue weighted by Crippen LogP contribution is 2.19. The third kappa shape index (κ3) is 5.18. The molecule has 0 aromatic rings. The fourth-order valence-electron chi connectivity index (χ4n) is 1.66. The summed E-state index contributed by atoms with van der Waals surface area (Å²) >= 11 is 0. The largest absolute Gasteiger partial charge is 0.381 e. The van der Waals surface area contributed by atoms with Crippen LogP contribution in [-0.4, -0.2) is 19.5 Å². The molecule has 0 saturated carbocycles. The second-order valence-corrected chi connectivity index (χ2v) is 3.89. The molecule has 0 aromatic heterocycles. The molecule has 2 nitrogen and oxygen atoms in total. The molecule has 0 fully saturated rings. The Kier molecular flexibility index (Phi) is 7.40. The number of carbonyl (C=O) groups is 1. The maximum atomic E-state index is 10.3. The molecule has 2 unspecified atom stereocenters. The number of ether oxygens (including phenoxy) is 1. The Morgan fingerprint density at radius 1 is 1.50 bits per heavy atom. The summed E-state index contributed by atoms with van der Waals surface area (Å²) in [5.41, 5.74) is 1.09. The number of rotatable bonds is 7. The molecule has 0 aliphatic carbocycles. The lowest BCUT2D eigenvalue weighted by Crippen LogP contribution is -2.20. The molecule has 0 rings (SSSR count). The molecule has 0 spiro atoms. The second kappa shape index (κ2) is 7.74. The van der Waals surface area contributed by atoms with Gasteiger partial charge in [0.05, 0.1) is 6.10 Å². The van der Waals surface area contributed by atoms with Crippen molar-refractivity contribution in [1.29, 1.82) is 0 Å². The van der Waals surface area contributed by atoms with Crippen LogP contribution in [0.15, 0.2) is 11.6 Å². The predicted octanol–water partition coefficient (Wildman–Crippen LogP) is 2.97. The van der Waals surface area contributed by atoms with Gasteiger partial charge < -0.3 is 4.74 Å². The van der Waals surface area contributed by atoms with Crippen molar-refractivity contribution in [3.05, 3.63) is 11.6 Å². The van der Waals surface area contributed by atoms with Gasteiger partial charge in [0, 0.05) is 7.11 Å². The van der Waals surface area contributed by atoms with Gasteiger partial charge in [-0.1, -0.05) is 25.8 Å². The molecule has 0 N–H and O–H groups in total. The van der Waals surface area contributed by atoms with Gasteiger partial charge in [-0.3, -0.25) is 4.79 Å². The number of methoxy groups -OCH3 is 1. The van der Waals surface area contributed by atoms with E-state index in [-0.39, 0.29) is 6.10 Å². The molecule has 2 atom stereocenters. The zero-order valence-electron chi connectivity index (χ0n) is 9.75. The molecule has 0 aromatic carbocycles. The van der Waals surface area contributed by atoms with E-state index in [4.69, 9.17) is 4.74 Å². The van der Waals surface area contributed by atoms with Crippen LogP contribution >= 0.6 is 0 Å². The van der Waals surface area contributed by atoms with Gasteiger partial charge in [-0.15, -0.1) is 0 Å². The van der Waals surface area contributed by atoms with Crippen LogP contribution in [0.25, 0.3) is 0 Å². The molecule has 0 amide bonds. The lowest BCUT2D eigenvalue weighted by molar-refractivity contribution is -0.104. The standard InChI is InChI=1S/C12H22O2/c1-5-6-11(3)12(14-4)9-10(2)7-8-13/h7-8,11-12H,5-6,9H2,1-4H3/b10-7+. The van der Waals surface area contributed by atoms with Crippen LogP contribution in [0.5, 0.6) is 0 Å².